The van der Waals surface area contributed by atoms with Crippen LogP contribution in [0.4, 0.5) is 46.5 Å². The van der Waals surface area contributed by atoms with E-state index in [0.717, 1.165) is 356 Å². The van der Waals surface area contributed by atoms with Gasteiger partial charge in [0, 0.05) is 239 Å². The quantitative estimate of drug-likeness (QED) is 0.0280. The predicted molar refractivity (Wildman–Crippen MR) is 511 cm³/mol. The van der Waals surface area contributed by atoms with Gasteiger partial charge in [-0.2, -0.15) is 0 Å². The van der Waals surface area contributed by atoms with Crippen LogP contribution >= 0.6 is 46.4 Å². The summed E-state index contributed by atoms with van der Waals surface area (Å²) >= 11 is 24.3. The first kappa shape index (κ1) is 91.0. The highest BCUT2D eigenvalue weighted by atomic mass is 35.5. The van der Waals surface area contributed by atoms with Crippen LogP contribution < -0.4 is 40.9 Å². The van der Waals surface area contributed by atoms with Crippen LogP contribution in [0.15, 0.2) is 146 Å². The molecule has 4 N–H and O–H groups in total. The minimum Gasteiger partial charge on any atom is -0.384 e. The van der Waals surface area contributed by atoms with Crippen molar-refractivity contribution < 1.29 is 4.74 Å². The number of morpholine rings is 1. The molecule has 4 aromatic carbocycles. The Morgan fingerprint density at radius 3 is 0.894 bits per heavy atom. The standard InChI is InChI=1S/C25H33ClN6.C24H31ClN6.C24H30ClN5.C23H28ClN5O/c1-3-31-13-15-32(16-14-31)25-29-19(2)17-21(30-25)7-5-4-6-11-27-23-10-12-28-24-18-20(26)8-9-22(23)24;1-18-16-20(29-24(28-18)31-14-12-30(2)13-15-31)6-4-3-5-10-26-22-9-11-27-23-17-19(25)7-8-21(22)23;1-18-16-20(29-24(28-18)30-14-6-3-7-15-30)8-4-2-5-12-26-22-11-13-27-23-17-19(25)9-10-21(22)23;1-17-15-19(28-23(27-17)29-11-13-30-14-12-29)5-3-2-4-9-25-21-8-10-26-22-16-18(24)6-7-20(21)22/h8-10,12,17-18H,3-7,11,13-16H2,1-2H3,(H,27,28);7-9,11,16-17H,3-6,10,12-15H2,1-2H3,(H,26,27);9-11,13,16-17H,2-8,12,14-15H2,1H3,(H,26,27);6-8,10,15-16H,2-5,9,11-14H2,1H3,(H,25,26). The number of ether oxygens (including phenoxy) is 1. The summed E-state index contributed by atoms with van der Waals surface area (Å²) < 4.78 is 5.43. The number of unbranched alkanes of at least 4 members (excludes halogenated alkanes) is 8. The minimum atomic E-state index is 0.712. The normalized spacial score (nSPS) is 14.6. The number of likely N-dealkylation sites (N-methyl/N-ethyl adjacent to an activating group) is 2. The van der Waals surface area contributed by atoms with Crippen LogP contribution in [0.25, 0.3) is 43.6 Å². The highest BCUT2D eigenvalue weighted by Crippen LogP contribution is 2.31. The zero-order valence-corrected chi connectivity index (χ0v) is 75.7. The van der Waals surface area contributed by atoms with Crippen molar-refractivity contribution >= 4 is 137 Å². The Balaban J connectivity index is 0.000000141. The number of pyridine rings is 4. The summed E-state index contributed by atoms with van der Waals surface area (Å²) in [4.78, 5) is 69.7. The molecule has 12 heterocycles. The van der Waals surface area contributed by atoms with Crippen molar-refractivity contribution in [3.8, 4) is 0 Å². The van der Waals surface area contributed by atoms with Crippen LogP contribution in [0, 0.1) is 27.7 Å². The van der Waals surface area contributed by atoms with Gasteiger partial charge in [-0.3, -0.25) is 19.9 Å². The summed E-state index contributed by atoms with van der Waals surface area (Å²) in [5.74, 6) is 3.58. The van der Waals surface area contributed by atoms with E-state index >= 15 is 0 Å². The van der Waals surface area contributed by atoms with Gasteiger partial charge in [0.2, 0.25) is 23.8 Å². The number of aromatic nitrogens is 12. The second-order valence-corrected chi connectivity index (χ2v) is 34.3. The van der Waals surface area contributed by atoms with Crippen molar-refractivity contribution in [3.63, 3.8) is 0 Å². The molecular formula is C96H122Cl4N22O. The second kappa shape index (κ2) is 47.4. The van der Waals surface area contributed by atoms with Crippen LogP contribution in [0.3, 0.4) is 0 Å². The van der Waals surface area contributed by atoms with E-state index in [9.17, 15) is 0 Å². The van der Waals surface area contributed by atoms with E-state index in [4.69, 9.17) is 76.1 Å². The second-order valence-electron chi connectivity index (χ2n) is 32.6. The number of benzene rings is 4. The van der Waals surface area contributed by atoms with Crippen molar-refractivity contribution in [2.45, 2.75) is 157 Å². The van der Waals surface area contributed by atoms with Crippen LogP contribution in [0.5, 0.6) is 0 Å². The van der Waals surface area contributed by atoms with Gasteiger partial charge in [0.25, 0.3) is 0 Å². The predicted octanol–water partition coefficient (Wildman–Crippen LogP) is 20.0. The van der Waals surface area contributed by atoms with Crippen molar-refractivity contribution in [3.05, 3.63) is 212 Å². The van der Waals surface area contributed by atoms with Gasteiger partial charge in [-0.15, -0.1) is 0 Å². The number of fused-ring (bicyclic) bond motifs is 4. The Hall–Kier alpha value is -9.72. The fourth-order valence-electron chi connectivity index (χ4n) is 16.1. The molecule has 4 saturated heterocycles. The summed E-state index contributed by atoms with van der Waals surface area (Å²) in [5, 5.41) is 21.5. The lowest BCUT2D eigenvalue weighted by atomic mass is 10.1. The van der Waals surface area contributed by atoms with Crippen molar-refractivity contribution in [1.82, 2.24) is 69.6 Å². The van der Waals surface area contributed by atoms with E-state index < -0.39 is 0 Å². The molecule has 0 amide bonds. The maximum absolute atomic E-state index is 6.08. The number of nitrogens with zero attached hydrogens (tertiary/aromatic N) is 18. The molecule has 0 radical (unpaired) electrons. The van der Waals surface area contributed by atoms with E-state index in [-0.39, 0.29) is 0 Å². The number of nitrogens with one attached hydrogen (secondary N) is 4. The molecule has 0 spiro atoms. The van der Waals surface area contributed by atoms with Gasteiger partial charge in [-0.1, -0.05) is 79.0 Å². The van der Waals surface area contributed by atoms with Crippen LogP contribution in [-0.4, -0.2) is 201 Å². The number of hydrogen-bond donors (Lipinski definition) is 4. The molecule has 12 aromatic rings. The third-order valence-electron chi connectivity index (χ3n) is 22.9. The zero-order chi connectivity index (χ0) is 85.5. The first-order chi connectivity index (χ1) is 60.1. The van der Waals surface area contributed by atoms with Crippen molar-refractivity contribution in [2.75, 3.05) is 172 Å². The number of halogens is 4. The maximum Gasteiger partial charge on any atom is 0.225 e. The maximum atomic E-state index is 6.08. The van der Waals surface area contributed by atoms with E-state index in [0.29, 0.717) is 15.1 Å². The van der Waals surface area contributed by atoms with E-state index in [1.165, 1.54) is 31.4 Å². The molecule has 4 fully saturated rings. The lowest BCUT2D eigenvalue weighted by molar-refractivity contribution is 0.122. The van der Waals surface area contributed by atoms with Gasteiger partial charge in [-0.05, 0) is 259 Å². The summed E-state index contributed by atoms with van der Waals surface area (Å²) in [6.45, 7) is 29.1. The zero-order valence-electron chi connectivity index (χ0n) is 72.7. The largest absolute Gasteiger partial charge is 0.384 e. The third kappa shape index (κ3) is 28.1. The molecular weight excluding hydrogens is 1620 g/mol. The lowest BCUT2D eigenvalue weighted by Gasteiger charge is -2.34. The summed E-state index contributed by atoms with van der Waals surface area (Å²) in [5.41, 5.74) is 17.0. The van der Waals surface area contributed by atoms with Gasteiger partial charge in [0.15, 0.2) is 0 Å². The molecule has 0 saturated carbocycles. The Morgan fingerprint density at radius 2 is 0.593 bits per heavy atom. The third-order valence-corrected chi connectivity index (χ3v) is 23.9. The van der Waals surface area contributed by atoms with Gasteiger partial charge < -0.3 is 55.4 Å². The minimum absolute atomic E-state index is 0.712. The Kier molecular flexibility index (Phi) is 35.1. The molecule has 8 aromatic heterocycles. The van der Waals surface area contributed by atoms with Gasteiger partial charge in [0.1, 0.15) is 0 Å². The molecule has 4 aliphatic rings. The van der Waals surface area contributed by atoms with Crippen molar-refractivity contribution in [1.29, 1.82) is 0 Å². The molecule has 4 aliphatic heterocycles. The Bertz CT molecular complexity index is 5170. The molecule has 27 heteroatoms. The fourth-order valence-corrected chi connectivity index (χ4v) is 16.8. The highest BCUT2D eigenvalue weighted by Gasteiger charge is 2.22. The van der Waals surface area contributed by atoms with Gasteiger partial charge >= 0.3 is 0 Å². The first-order valence-corrected chi connectivity index (χ1v) is 46.1. The number of rotatable bonds is 33. The SMILES string of the molecule is CCN1CCN(c2nc(C)cc(CCCCCNc3ccnc4cc(Cl)ccc34)n2)CC1.Cc1cc(CCCCCNc2ccnc3cc(Cl)ccc23)nc(N2CCCCC2)n1.Cc1cc(CCCCCNc2ccnc3cc(Cl)ccc23)nc(N2CCN(C)CC2)n1.Cc1cc(CCCCCNc2ccnc3cc(Cl)ccc23)nc(N2CCOCC2)n1. The average Bonchev–Trinajstić information content (AvgIpc) is 0.820. The van der Waals surface area contributed by atoms with Crippen LogP contribution in [0.1, 0.15) is 149 Å². The number of anilines is 8. The number of aryl methyl sites for hydroxylation is 8. The number of hydrogen-bond acceptors (Lipinski definition) is 23. The van der Waals surface area contributed by atoms with Crippen LogP contribution in [0.2, 0.25) is 20.1 Å². The van der Waals surface area contributed by atoms with Gasteiger partial charge in [-0.25, -0.2) is 39.9 Å². The first-order valence-electron chi connectivity index (χ1n) is 44.6. The monoisotopic (exact) mass is 1740 g/mol. The van der Waals surface area contributed by atoms with Gasteiger partial charge in [0.05, 0.1) is 35.3 Å². The molecule has 0 atom stereocenters. The van der Waals surface area contributed by atoms with Crippen LogP contribution in [-0.2, 0) is 30.4 Å². The number of piperidine rings is 1. The Morgan fingerprint density at radius 1 is 0.309 bits per heavy atom. The molecule has 23 nitrogen and oxygen atoms in total. The summed E-state index contributed by atoms with van der Waals surface area (Å²) in [6, 6.07) is 40.0. The lowest BCUT2D eigenvalue weighted by Crippen LogP contribution is -2.46. The van der Waals surface area contributed by atoms with E-state index in [1.807, 2.05) is 129 Å². The molecule has 0 unspecified atom stereocenters. The fraction of sp³-hybridized carbons (Fsp3) is 0.458. The highest BCUT2D eigenvalue weighted by molar-refractivity contribution is 6.32. The van der Waals surface area contributed by atoms with E-state index in [2.05, 4.69) is 145 Å². The van der Waals surface area contributed by atoms with Crippen molar-refractivity contribution in [2.24, 2.45) is 0 Å². The Labute approximate surface area is 746 Å². The molecule has 0 bridgehead atoms. The molecule has 123 heavy (non-hydrogen) atoms. The summed E-state index contributed by atoms with van der Waals surface area (Å²) in [6.07, 6.45) is 28.8. The van der Waals surface area contributed by atoms with E-state index in [1.54, 1.807) is 0 Å². The smallest absolute Gasteiger partial charge is 0.225 e. The topological polar surface area (TPSA) is 231 Å². The molecule has 16 rings (SSSR count). The average molecular weight is 1740 g/mol. The molecule has 0 aliphatic carbocycles. The molecule has 650 valence electrons. The number of piperazine rings is 2. The summed E-state index contributed by atoms with van der Waals surface area (Å²) in [7, 11) is 2.17.